The average molecular weight is 236 g/mol. The Morgan fingerprint density at radius 2 is 2.00 bits per heavy atom. The number of carbonyl (C=O) groups excluding carboxylic acids is 1. The van der Waals surface area contributed by atoms with E-state index >= 15 is 0 Å². The third kappa shape index (κ3) is 2.85. The fourth-order valence-electron chi connectivity index (χ4n) is 2.36. The van der Waals surface area contributed by atoms with Crippen LogP contribution in [0.15, 0.2) is 12.5 Å². The Hall–Kier alpha value is -1.36. The summed E-state index contributed by atoms with van der Waals surface area (Å²) in [6.45, 7) is 0. The van der Waals surface area contributed by atoms with Crippen LogP contribution in [0.25, 0.3) is 0 Å². The van der Waals surface area contributed by atoms with Crippen molar-refractivity contribution in [3.05, 3.63) is 18.2 Å². The van der Waals surface area contributed by atoms with Gasteiger partial charge in [0.1, 0.15) is 5.69 Å². The monoisotopic (exact) mass is 236 g/mol. The number of carbonyl (C=O) groups is 1. The van der Waals surface area contributed by atoms with Crippen LogP contribution in [0.4, 0.5) is 0 Å². The van der Waals surface area contributed by atoms with Crippen LogP contribution in [0, 0.1) is 0 Å². The van der Waals surface area contributed by atoms with E-state index in [0.717, 1.165) is 25.7 Å². The summed E-state index contributed by atoms with van der Waals surface area (Å²) in [6.07, 6.45) is 7.62. The molecule has 1 heterocycles. The molecule has 2 rings (SSSR count). The molecule has 0 aromatic carbocycles. The van der Waals surface area contributed by atoms with Gasteiger partial charge in [-0.05, 0) is 32.7 Å². The molecule has 2 N–H and O–H groups in total. The molecular weight excluding hydrogens is 216 g/mol. The minimum atomic E-state index is -0.0158. The number of aryl methyl sites for hydroxylation is 1. The van der Waals surface area contributed by atoms with Crippen molar-refractivity contribution in [2.45, 2.75) is 37.8 Å². The molecule has 0 spiro atoms. The van der Waals surface area contributed by atoms with E-state index in [1.165, 1.54) is 0 Å². The summed E-state index contributed by atoms with van der Waals surface area (Å²) in [7, 11) is 3.83. The van der Waals surface area contributed by atoms with Crippen LogP contribution in [-0.4, -0.2) is 34.6 Å². The van der Waals surface area contributed by atoms with Crippen molar-refractivity contribution in [3.63, 3.8) is 0 Å². The maximum Gasteiger partial charge on any atom is 0.269 e. The molecule has 5 heteroatoms. The Bertz CT molecular complexity index is 380. The van der Waals surface area contributed by atoms with Crippen molar-refractivity contribution in [2.24, 2.45) is 7.05 Å². The van der Waals surface area contributed by atoms with E-state index in [1.807, 2.05) is 14.1 Å². The fourth-order valence-corrected chi connectivity index (χ4v) is 2.36. The molecule has 94 valence electrons. The summed E-state index contributed by atoms with van der Waals surface area (Å²) >= 11 is 0. The zero-order valence-electron chi connectivity index (χ0n) is 10.4. The van der Waals surface area contributed by atoms with Gasteiger partial charge in [-0.3, -0.25) is 4.79 Å². The zero-order valence-corrected chi connectivity index (χ0v) is 10.4. The number of nitrogens with zero attached hydrogens (tertiary/aromatic N) is 2. The van der Waals surface area contributed by atoms with Crippen LogP contribution >= 0.6 is 0 Å². The molecule has 1 aliphatic carbocycles. The lowest BCUT2D eigenvalue weighted by atomic mass is 9.91. The Morgan fingerprint density at radius 1 is 1.35 bits per heavy atom. The lowest BCUT2D eigenvalue weighted by molar-refractivity contribution is 0.0916. The number of rotatable bonds is 3. The Morgan fingerprint density at radius 3 is 2.53 bits per heavy atom. The minimum absolute atomic E-state index is 0.0158. The number of hydrogen-bond donors (Lipinski definition) is 2. The van der Waals surface area contributed by atoms with Gasteiger partial charge in [0.05, 0.1) is 12.5 Å². The quantitative estimate of drug-likeness (QED) is 0.811. The van der Waals surface area contributed by atoms with E-state index in [2.05, 4.69) is 15.6 Å². The molecule has 1 amide bonds. The lowest BCUT2D eigenvalue weighted by Gasteiger charge is -2.28. The first-order valence-electron chi connectivity index (χ1n) is 6.15. The second kappa shape index (κ2) is 5.31. The summed E-state index contributed by atoms with van der Waals surface area (Å²) in [4.78, 5) is 15.9. The van der Waals surface area contributed by atoms with Crippen molar-refractivity contribution >= 4 is 5.91 Å². The third-order valence-corrected chi connectivity index (χ3v) is 3.52. The van der Waals surface area contributed by atoms with E-state index in [-0.39, 0.29) is 5.91 Å². The molecule has 1 saturated carbocycles. The van der Waals surface area contributed by atoms with Crippen LogP contribution in [0.3, 0.4) is 0 Å². The first-order valence-corrected chi connectivity index (χ1v) is 6.15. The summed E-state index contributed by atoms with van der Waals surface area (Å²) in [5.74, 6) is -0.0158. The number of aromatic nitrogens is 2. The summed E-state index contributed by atoms with van der Waals surface area (Å²) < 4.78 is 1.74. The Labute approximate surface area is 102 Å². The van der Waals surface area contributed by atoms with Gasteiger partial charge in [-0.15, -0.1) is 0 Å². The van der Waals surface area contributed by atoms with E-state index in [9.17, 15) is 4.79 Å². The predicted molar refractivity (Wildman–Crippen MR) is 65.8 cm³/mol. The van der Waals surface area contributed by atoms with Gasteiger partial charge in [-0.25, -0.2) is 4.98 Å². The molecule has 1 aromatic heterocycles. The largest absolute Gasteiger partial charge is 0.348 e. The van der Waals surface area contributed by atoms with Crippen LogP contribution in [0.2, 0.25) is 0 Å². The summed E-state index contributed by atoms with van der Waals surface area (Å²) in [5, 5.41) is 6.37. The van der Waals surface area contributed by atoms with Crippen LogP contribution < -0.4 is 10.6 Å². The first kappa shape index (κ1) is 12.1. The second-order valence-electron chi connectivity index (χ2n) is 4.70. The van der Waals surface area contributed by atoms with Gasteiger partial charge >= 0.3 is 0 Å². The highest BCUT2D eigenvalue weighted by molar-refractivity contribution is 5.92. The van der Waals surface area contributed by atoms with E-state index in [0.29, 0.717) is 17.8 Å². The highest BCUT2D eigenvalue weighted by Gasteiger charge is 2.22. The predicted octanol–water partition coefficient (Wildman–Crippen LogP) is 0.680. The maximum absolute atomic E-state index is 12.0. The summed E-state index contributed by atoms with van der Waals surface area (Å²) in [6, 6.07) is 0.918. The van der Waals surface area contributed by atoms with Crippen molar-refractivity contribution < 1.29 is 4.79 Å². The molecule has 0 unspecified atom stereocenters. The number of nitrogens with one attached hydrogen (secondary N) is 2. The molecule has 17 heavy (non-hydrogen) atoms. The molecule has 0 bridgehead atoms. The number of imidazole rings is 1. The van der Waals surface area contributed by atoms with Gasteiger partial charge in [0.2, 0.25) is 0 Å². The Kier molecular flexibility index (Phi) is 3.78. The topological polar surface area (TPSA) is 58.9 Å². The van der Waals surface area contributed by atoms with E-state index < -0.39 is 0 Å². The highest BCUT2D eigenvalue weighted by Crippen LogP contribution is 2.18. The van der Waals surface area contributed by atoms with Gasteiger partial charge < -0.3 is 15.2 Å². The van der Waals surface area contributed by atoms with E-state index in [1.54, 1.807) is 17.1 Å². The standard InChI is InChI=1S/C12H20N4O/c1-13-9-3-5-10(6-4-9)15-12(17)11-7-14-8-16(11)2/h7-10,13H,3-6H2,1-2H3,(H,15,17). The molecule has 1 aliphatic rings. The smallest absolute Gasteiger partial charge is 0.269 e. The van der Waals surface area contributed by atoms with Crippen LogP contribution in [0.5, 0.6) is 0 Å². The van der Waals surface area contributed by atoms with Crippen molar-refractivity contribution in [3.8, 4) is 0 Å². The van der Waals surface area contributed by atoms with Crippen molar-refractivity contribution in [1.82, 2.24) is 20.2 Å². The molecular formula is C12H20N4O. The number of hydrogen-bond acceptors (Lipinski definition) is 3. The molecule has 0 aliphatic heterocycles. The minimum Gasteiger partial charge on any atom is -0.348 e. The maximum atomic E-state index is 12.0. The normalized spacial score (nSPS) is 24.6. The van der Waals surface area contributed by atoms with Gasteiger partial charge in [0.15, 0.2) is 0 Å². The molecule has 5 nitrogen and oxygen atoms in total. The van der Waals surface area contributed by atoms with Crippen LogP contribution in [-0.2, 0) is 7.05 Å². The lowest BCUT2D eigenvalue weighted by Crippen LogP contribution is -2.41. The highest BCUT2D eigenvalue weighted by atomic mass is 16.2. The zero-order chi connectivity index (χ0) is 12.3. The van der Waals surface area contributed by atoms with Crippen molar-refractivity contribution in [2.75, 3.05) is 7.05 Å². The molecule has 0 saturated heterocycles. The molecule has 0 atom stereocenters. The molecule has 1 aromatic rings. The Balaban J connectivity index is 1.86. The average Bonchev–Trinajstić information content (AvgIpc) is 2.76. The van der Waals surface area contributed by atoms with Gasteiger partial charge in [0.25, 0.3) is 5.91 Å². The summed E-state index contributed by atoms with van der Waals surface area (Å²) in [5.41, 5.74) is 0.626. The van der Waals surface area contributed by atoms with Crippen molar-refractivity contribution in [1.29, 1.82) is 0 Å². The van der Waals surface area contributed by atoms with Gasteiger partial charge in [-0.1, -0.05) is 0 Å². The first-order chi connectivity index (χ1) is 8.20. The van der Waals surface area contributed by atoms with Crippen LogP contribution in [0.1, 0.15) is 36.2 Å². The van der Waals surface area contributed by atoms with E-state index in [4.69, 9.17) is 0 Å². The third-order valence-electron chi connectivity index (χ3n) is 3.52. The SMILES string of the molecule is CNC1CCC(NC(=O)c2cncn2C)CC1. The fraction of sp³-hybridized carbons (Fsp3) is 0.667. The number of amides is 1. The molecule has 0 radical (unpaired) electrons. The van der Waals surface area contributed by atoms with Gasteiger partial charge in [-0.2, -0.15) is 0 Å². The van der Waals surface area contributed by atoms with Gasteiger partial charge in [0, 0.05) is 19.1 Å². The second-order valence-corrected chi connectivity index (χ2v) is 4.70. The molecule has 1 fully saturated rings.